The highest BCUT2D eigenvalue weighted by Gasteiger charge is 2.10. The van der Waals surface area contributed by atoms with Gasteiger partial charge in [-0.1, -0.05) is 6.07 Å². The molecule has 1 amide bonds. The second kappa shape index (κ2) is 5.54. The Kier molecular flexibility index (Phi) is 3.42. The number of aromatic nitrogens is 3. The lowest BCUT2D eigenvalue weighted by Crippen LogP contribution is -2.14. The number of nitrogens with zero attached hydrogens (tertiary/aromatic N) is 3. The first-order chi connectivity index (χ1) is 10.3. The molecule has 104 valence electrons. The lowest BCUT2D eigenvalue weighted by Gasteiger charge is -2.08. The van der Waals surface area contributed by atoms with Crippen molar-refractivity contribution in [1.82, 2.24) is 15.0 Å². The summed E-state index contributed by atoms with van der Waals surface area (Å²) in [6, 6.07) is 9.32. The second-order valence-electron chi connectivity index (χ2n) is 4.37. The van der Waals surface area contributed by atoms with Crippen LogP contribution in [-0.2, 0) is 0 Å². The number of fused-ring (bicyclic) bond motifs is 1. The lowest BCUT2D eigenvalue weighted by molar-refractivity contribution is 0.102. The number of pyridine rings is 1. The molecule has 3 rings (SSSR count). The number of amides is 1. The Balaban J connectivity index is 1.89. The van der Waals surface area contributed by atoms with Gasteiger partial charge < -0.3 is 10.6 Å². The van der Waals surface area contributed by atoms with Gasteiger partial charge in [0.1, 0.15) is 11.5 Å². The standard InChI is InChI=1S/C15H13N5O/c1-16-14-9-18-13(8-19-14)15(21)20-12-6-2-5-11-10(12)4-3-7-17-11/h2-9H,1H3,(H,16,19)(H,20,21). The van der Waals surface area contributed by atoms with Gasteiger partial charge >= 0.3 is 0 Å². The molecule has 0 radical (unpaired) electrons. The highest BCUT2D eigenvalue weighted by atomic mass is 16.1. The van der Waals surface area contributed by atoms with Gasteiger partial charge in [0.25, 0.3) is 5.91 Å². The highest BCUT2D eigenvalue weighted by Crippen LogP contribution is 2.21. The van der Waals surface area contributed by atoms with E-state index >= 15 is 0 Å². The third-order valence-corrected chi connectivity index (χ3v) is 3.03. The number of rotatable bonds is 3. The summed E-state index contributed by atoms with van der Waals surface area (Å²) in [6.07, 6.45) is 4.67. The Labute approximate surface area is 121 Å². The molecule has 0 aliphatic rings. The van der Waals surface area contributed by atoms with E-state index in [0.717, 1.165) is 10.9 Å². The number of hydrogen-bond donors (Lipinski definition) is 2. The number of carbonyl (C=O) groups excluding carboxylic acids is 1. The van der Waals surface area contributed by atoms with Gasteiger partial charge in [-0.15, -0.1) is 0 Å². The summed E-state index contributed by atoms with van der Waals surface area (Å²) in [5.74, 6) is 0.308. The predicted octanol–water partition coefficient (Wildman–Crippen LogP) is 2.32. The van der Waals surface area contributed by atoms with Crippen LogP contribution in [0.1, 0.15) is 10.5 Å². The Morgan fingerprint density at radius 3 is 2.71 bits per heavy atom. The quantitative estimate of drug-likeness (QED) is 0.769. The number of nitrogens with one attached hydrogen (secondary N) is 2. The summed E-state index contributed by atoms with van der Waals surface area (Å²) in [5.41, 5.74) is 1.78. The smallest absolute Gasteiger partial charge is 0.275 e. The maximum absolute atomic E-state index is 12.2. The molecule has 2 heterocycles. The first kappa shape index (κ1) is 13.0. The molecule has 1 aromatic carbocycles. The fourth-order valence-corrected chi connectivity index (χ4v) is 1.97. The SMILES string of the molecule is CNc1cnc(C(=O)Nc2cccc3ncccc23)cn1. The van der Waals surface area contributed by atoms with Crippen molar-refractivity contribution < 1.29 is 4.79 Å². The minimum Gasteiger partial charge on any atom is -0.372 e. The van der Waals surface area contributed by atoms with E-state index in [2.05, 4.69) is 25.6 Å². The Hall–Kier alpha value is -3.02. The van der Waals surface area contributed by atoms with E-state index in [9.17, 15) is 4.79 Å². The van der Waals surface area contributed by atoms with Crippen LogP contribution in [0.25, 0.3) is 10.9 Å². The molecular formula is C15H13N5O. The highest BCUT2D eigenvalue weighted by molar-refractivity contribution is 6.07. The number of hydrogen-bond acceptors (Lipinski definition) is 5. The van der Waals surface area contributed by atoms with Gasteiger partial charge in [-0.2, -0.15) is 0 Å². The monoisotopic (exact) mass is 279 g/mol. The minimum absolute atomic E-state index is 0.259. The van der Waals surface area contributed by atoms with Crippen LogP contribution in [-0.4, -0.2) is 27.9 Å². The Morgan fingerprint density at radius 1 is 1.05 bits per heavy atom. The average Bonchev–Trinajstić information content (AvgIpc) is 2.55. The molecule has 2 N–H and O–H groups in total. The van der Waals surface area contributed by atoms with Crippen LogP contribution in [0, 0.1) is 0 Å². The van der Waals surface area contributed by atoms with E-state index in [1.807, 2.05) is 30.3 Å². The number of carbonyl (C=O) groups is 1. The molecule has 0 aliphatic carbocycles. The van der Waals surface area contributed by atoms with Crippen LogP contribution in [0.5, 0.6) is 0 Å². The van der Waals surface area contributed by atoms with Gasteiger partial charge in [0.05, 0.1) is 23.6 Å². The molecule has 6 heteroatoms. The van der Waals surface area contributed by atoms with Crippen LogP contribution < -0.4 is 10.6 Å². The van der Waals surface area contributed by atoms with Crippen molar-refractivity contribution in [2.24, 2.45) is 0 Å². The van der Waals surface area contributed by atoms with Gasteiger partial charge in [-0.05, 0) is 24.3 Å². The van der Waals surface area contributed by atoms with E-state index < -0.39 is 0 Å². The van der Waals surface area contributed by atoms with Gasteiger partial charge in [0.15, 0.2) is 0 Å². The fourth-order valence-electron chi connectivity index (χ4n) is 1.97. The van der Waals surface area contributed by atoms with Crippen molar-refractivity contribution in [3.05, 3.63) is 54.6 Å². The van der Waals surface area contributed by atoms with Crippen LogP contribution in [0.4, 0.5) is 11.5 Å². The molecule has 3 aromatic rings. The van der Waals surface area contributed by atoms with Gasteiger partial charge in [0, 0.05) is 18.6 Å². The summed E-state index contributed by atoms with van der Waals surface area (Å²) >= 11 is 0. The topological polar surface area (TPSA) is 79.8 Å². The summed E-state index contributed by atoms with van der Waals surface area (Å²) in [5, 5.41) is 6.57. The van der Waals surface area contributed by atoms with Crippen LogP contribution in [0.3, 0.4) is 0 Å². The van der Waals surface area contributed by atoms with Crippen LogP contribution in [0.2, 0.25) is 0 Å². The van der Waals surface area contributed by atoms with Crippen molar-refractivity contribution in [2.45, 2.75) is 0 Å². The third kappa shape index (κ3) is 2.64. The van der Waals surface area contributed by atoms with E-state index in [1.54, 1.807) is 13.2 Å². The van der Waals surface area contributed by atoms with Crippen molar-refractivity contribution in [1.29, 1.82) is 0 Å². The Morgan fingerprint density at radius 2 is 1.95 bits per heavy atom. The Bertz CT molecular complexity index is 780. The predicted molar refractivity (Wildman–Crippen MR) is 81.3 cm³/mol. The van der Waals surface area contributed by atoms with Gasteiger partial charge in [-0.25, -0.2) is 9.97 Å². The fraction of sp³-hybridized carbons (Fsp3) is 0.0667. The summed E-state index contributed by atoms with van der Waals surface area (Å²) < 4.78 is 0. The molecule has 0 atom stereocenters. The number of anilines is 2. The molecule has 0 bridgehead atoms. The molecule has 0 spiro atoms. The van der Waals surface area contributed by atoms with Crippen molar-refractivity contribution >= 4 is 28.3 Å². The van der Waals surface area contributed by atoms with Crippen LogP contribution in [0.15, 0.2) is 48.9 Å². The van der Waals surface area contributed by atoms with Crippen molar-refractivity contribution in [3.63, 3.8) is 0 Å². The maximum atomic E-state index is 12.2. The zero-order valence-corrected chi connectivity index (χ0v) is 11.4. The molecule has 0 unspecified atom stereocenters. The molecule has 6 nitrogen and oxygen atoms in total. The second-order valence-corrected chi connectivity index (χ2v) is 4.37. The van der Waals surface area contributed by atoms with E-state index in [-0.39, 0.29) is 11.6 Å². The third-order valence-electron chi connectivity index (χ3n) is 3.03. The molecule has 0 saturated heterocycles. The van der Waals surface area contributed by atoms with E-state index in [4.69, 9.17) is 0 Å². The summed E-state index contributed by atoms with van der Waals surface area (Å²) in [6.45, 7) is 0. The van der Waals surface area contributed by atoms with Gasteiger partial charge in [0.2, 0.25) is 0 Å². The minimum atomic E-state index is -0.304. The molecule has 0 saturated carbocycles. The summed E-state index contributed by atoms with van der Waals surface area (Å²) in [7, 11) is 1.74. The zero-order chi connectivity index (χ0) is 14.7. The zero-order valence-electron chi connectivity index (χ0n) is 11.4. The molecule has 0 aliphatic heterocycles. The van der Waals surface area contributed by atoms with Crippen molar-refractivity contribution in [2.75, 3.05) is 17.7 Å². The normalized spacial score (nSPS) is 10.3. The maximum Gasteiger partial charge on any atom is 0.275 e. The first-order valence-electron chi connectivity index (χ1n) is 6.43. The van der Waals surface area contributed by atoms with E-state index in [0.29, 0.717) is 11.5 Å². The molecule has 21 heavy (non-hydrogen) atoms. The molecule has 2 aromatic heterocycles. The summed E-state index contributed by atoms with van der Waals surface area (Å²) in [4.78, 5) is 24.6. The average molecular weight is 279 g/mol. The lowest BCUT2D eigenvalue weighted by atomic mass is 10.2. The molecule has 0 fully saturated rings. The van der Waals surface area contributed by atoms with E-state index in [1.165, 1.54) is 12.4 Å². The largest absolute Gasteiger partial charge is 0.372 e. The van der Waals surface area contributed by atoms with Crippen molar-refractivity contribution in [3.8, 4) is 0 Å². The van der Waals surface area contributed by atoms with Crippen LogP contribution >= 0.6 is 0 Å². The van der Waals surface area contributed by atoms with Gasteiger partial charge in [-0.3, -0.25) is 9.78 Å². The first-order valence-corrected chi connectivity index (χ1v) is 6.43. The molecular weight excluding hydrogens is 266 g/mol. The number of benzene rings is 1.